The highest BCUT2D eigenvalue weighted by molar-refractivity contribution is 7.92. The van der Waals surface area contributed by atoms with Gasteiger partial charge in [-0.2, -0.15) is 5.10 Å². The van der Waals surface area contributed by atoms with E-state index in [1.165, 1.54) is 62.8 Å². The summed E-state index contributed by atoms with van der Waals surface area (Å²) >= 11 is 6.03. The Labute approximate surface area is 212 Å². The molecule has 0 spiro atoms. The van der Waals surface area contributed by atoms with Crippen LogP contribution in [0.15, 0.2) is 76.7 Å². The largest absolute Gasteiger partial charge is 0.497 e. The molecule has 36 heavy (non-hydrogen) atoms. The molecule has 0 aliphatic carbocycles. The van der Waals surface area contributed by atoms with Gasteiger partial charge in [0.1, 0.15) is 18.0 Å². The van der Waals surface area contributed by atoms with E-state index in [4.69, 9.17) is 21.1 Å². The number of halogens is 1. The molecule has 3 aromatic carbocycles. The predicted octanol–water partition coefficient (Wildman–Crippen LogP) is 3.61. The molecule has 0 saturated heterocycles. The minimum Gasteiger partial charge on any atom is -0.497 e. The normalized spacial score (nSPS) is 11.2. The third-order valence-electron chi connectivity index (χ3n) is 4.86. The average molecular weight is 533 g/mol. The number of hydrogen-bond donors (Lipinski definition) is 1. The molecule has 3 aromatic rings. The third kappa shape index (κ3) is 6.09. The SMILES string of the molecule is COc1ccc(N(CC(=O)N/N=C\c2cc([N+](=O)[O-])ccc2Cl)S(=O)(=O)c2ccccc2)c(OC)c1. The van der Waals surface area contributed by atoms with Gasteiger partial charge in [0.25, 0.3) is 21.6 Å². The maximum atomic E-state index is 13.5. The van der Waals surface area contributed by atoms with Crippen LogP contribution in [0.1, 0.15) is 5.56 Å². The van der Waals surface area contributed by atoms with Crippen LogP contribution in [0.5, 0.6) is 11.5 Å². The highest BCUT2D eigenvalue weighted by atomic mass is 35.5. The van der Waals surface area contributed by atoms with E-state index in [1.807, 2.05) is 0 Å². The summed E-state index contributed by atoms with van der Waals surface area (Å²) in [6, 6.07) is 15.8. The van der Waals surface area contributed by atoms with Crippen molar-refractivity contribution >= 4 is 45.1 Å². The van der Waals surface area contributed by atoms with Crippen molar-refractivity contribution < 1.29 is 27.6 Å². The van der Waals surface area contributed by atoms with Crippen LogP contribution in [0.4, 0.5) is 11.4 Å². The number of hydrazone groups is 1. The van der Waals surface area contributed by atoms with E-state index >= 15 is 0 Å². The minimum atomic E-state index is -4.20. The fourth-order valence-electron chi connectivity index (χ4n) is 3.09. The summed E-state index contributed by atoms with van der Waals surface area (Å²) in [6.07, 6.45) is 1.12. The lowest BCUT2D eigenvalue weighted by Gasteiger charge is -2.25. The molecule has 0 bridgehead atoms. The van der Waals surface area contributed by atoms with Gasteiger partial charge in [-0.3, -0.25) is 19.2 Å². The first-order valence-electron chi connectivity index (χ1n) is 10.2. The average Bonchev–Trinajstić information content (AvgIpc) is 2.88. The first-order valence-corrected chi connectivity index (χ1v) is 12.0. The molecule has 3 rings (SSSR count). The summed E-state index contributed by atoms with van der Waals surface area (Å²) in [4.78, 5) is 23.1. The predicted molar refractivity (Wildman–Crippen MR) is 134 cm³/mol. The van der Waals surface area contributed by atoms with Crippen LogP contribution in [0.25, 0.3) is 0 Å². The number of non-ortho nitro benzene ring substituents is 1. The molecule has 1 amide bonds. The van der Waals surface area contributed by atoms with Gasteiger partial charge in [-0.05, 0) is 30.3 Å². The maximum Gasteiger partial charge on any atom is 0.270 e. The summed E-state index contributed by atoms with van der Waals surface area (Å²) in [6.45, 7) is -0.653. The number of nitro benzene ring substituents is 1. The van der Waals surface area contributed by atoms with Gasteiger partial charge in [0.15, 0.2) is 0 Å². The lowest BCUT2D eigenvalue weighted by Crippen LogP contribution is -2.39. The number of sulfonamides is 1. The number of carbonyl (C=O) groups is 1. The van der Waals surface area contributed by atoms with Crippen molar-refractivity contribution in [3.05, 3.63) is 87.4 Å². The molecule has 13 heteroatoms. The van der Waals surface area contributed by atoms with E-state index in [0.717, 1.165) is 10.5 Å². The highest BCUT2D eigenvalue weighted by Crippen LogP contribution is 2.35. The van der Waals surface area contributed by atoms with E-state index in [1.54, 1.807) is 18.2 Å². The zero-order valence-corrected chi connectivity index (χ0v) is 20.7. The van der Waals surface area contributed by atoms with E-state index in [0.29, 0.717) is 5.75 Å². The van der Waals surface area contributed by atoms with Gasteiger partial charge < -0.3 is 9.47 Å². The van der Waals surface area contributed by atoms with Crippen molar-refractivity contribution in [2.24, 2.45) is 5.10 Å². The first-order chi connectivity index (χ1) is 17.2. The lowest BCUT2D eigenvalue weighted by molar-refractivity contribution is -0.384. The number of amides is 1. The molecule has 0 aromatic heterocycles. The fourth-order valence-corrected chi connectivity index (χ4v) is 4.71. The Morgan fingerprint density at radius 3 is 2.47 bits per heavy atom. The number of anilines is 1. The topological polar surface area (TPSA) is 140 Å². The van der Waals surface area contributed by atoms with Crippen molar-refractivity contribution in [2.75, 3.05) is 25.1 Å². The van der Waals surface area contributed by atoms with Crippen LogP contribution in [-0.2, 0) is 14.8 Å². The van der Waals surface area contributed by atoms with Gasteiger partial charge >= 0.3 is 0 Å². The molecule has 1 N–H and O–H groups in total. The van der Waals surface area contributed by atoms with Crippen LogP contribution < -0.4 is 19.2 Å². The quantitative estimate of drug-likeness (QED) is 0.239. The number of methoxy groups -OCH3 is 2. The highest BCUT2D eigenvalue weighted by Gasteiger charge is 2.29. The van der Waals surface area contributed by atoms with Crippen LogP contribution in [0.3, 0.4) is 0 Å². The molecule has 0 saturated carbocycles. The van der Waals surface area contributed by atoms with Crippen molar-refractivity contribution in [1.29, 1.82) is 0 Å². The summed E-state index contributed by atoms with van der Waals surface area (Å²) < 4.78 is 38.3. The summed E-state index contributed by atoms with van der Waals surface area (Å²) in [5.74, 6) is -0.200. The van der Waals surface area contributed by atoms with Gasteiger partial charge in [0.05, 0.1) is 35.9 Å². The summed E-state index contributed by atoms with van der Waals surface area (Å²) in [7, 11) is -1.39. The maximum absolute atomic E-state index is 13.5. The van der Waals surface area contributed by atoms with Gasteiger partial charge in [0, 0.05) is 28.8 Å². The summed E-state index contributed by atoms with van der Waals surface area (Å²) in [5, 5.41) is 14.9. The monoisotopic (exact) mass is 532 g/mol. The second kappa shape index (κ2) is 11.5. The number of carbonyl (C=O) groups excluding carboxylic acids is 1. The molecule has 0 atom stereocenters. The van der Waals surface area contributed by atoms with Gasteiger partial charge in [-0.15, -0.1) is 0 Å². The van der Waals surface area contributed by atoms with Gasteiger partial charge in [-0.25, -0.2) is 13.8 Å². The zero-order valence-electron chi connectivity index (χ0n) is 19.1. The van der Waals surface area contributed by atoms with Crippen LogP contribution in [-0.4, -0.2) is 46.2 Å². The van der Waals surface area contributed by atoms with E-state index in [2.05, 4.69) is 10.5 Å². The third-order valence-corrected chi connectivity index (χ3v) is 6.98. The molecule has 0 heterocycles. The first kappa shape index (κ1) is 26.4. The second-order valence-electron chi connectivity index (χ2n) is 7.12. The van der Waals surface area contributed by atoms with Gasteiger partial charge in [0.2, 0.25) is 0 Å². The molecule has 0 aliphatic heterocycles. The Bertz CT molecular complexity index is 1400. The number of rotatable bonds is 10. The number of nitrogens with zero attached hydrogens (tertiary/aromatic N) is 3. The van der Waals surface area contributed by atoms with E-state index in [-0.39, 0.29) is 32.6 Å². The standard InChI is InChI=1S/C23H21ClN4O7S/c1-34-18-9-11-21(22(13-18)35-2)27(36(32,33)19-6-4-3-5-7-19)15-23(29)26-25-14-16-12-17(28(30)31)8-10-20(16)24/h3-14H,15H2,1-2H3,(H,26,29)/b25-14-. The second-order valence-corrected chi connectivity index (χ2v) is 9.39. The van der Waals surface area contributed by atoms with E-state index < -0.39 is 27.4 Å². The van der Waals surface area contributed by atoms with Crippen LogP contribution >= 0.6 is 11.6 Å². The van der Waals surface area contributed by atoms with Crippen molar-refractivity contribution in [3.8, 4) is 11.5 Å². The van der Waals surface area contributed by atoms with Crippen molar-refractivity contribution in [3.63, 3.8) is 0 Å². The molecule has 11 nitrogen and oxygen atoms in total. The Kier molecular flexibility index (Phi) is 8.46. The molecule has 188 valence electrons. The number of benzene rings is 3. The molecule has 0 fully saturated rings. The number of ether oxygens (including phenoxy) is 2. The fraction of sp³-hybridized carbons (Fsp3) is 0.130. The van der Waals surface area contributed by atoms with Crippen LogP contribution in [0, 0.1) is 10.1 Å². The lowest BCUT2D eigenvalue weighted by atomic mass is 10.2. The summed E-state index contributed by atoms with van der Waals surface area (Å²) in [5.41, 5.74) is 2.30. The Morgan fingerprint density at radius 2 is 1.83 bits per heavy atom. The number of hydrogen-bond acceptors (Lipinski definition) is 8. The molecule has 0 unspecified atom stereocenters. The van der Waals surface area contributed by atoms with E-state index in [9.17, 15) is 23.3 Å². The van der Waals surface area contributed by atoms with Crippen molar-refractivity contribution in [1.82, 2.24) is 5.43 Å². The van der Waals surface area contributed by atoms with Crippen LogP contribution in [0.2, 0.25) is 5.02 Å². The van der Waals surface area contributed by atoms with Crippen molar-refractivity contribution in [2.45, 2.75) is 4.90 Å². The number of nitrogens with one attached hydrogen (secondary N) is 1. The Balaban J connectivity index is 1.91. The molecule has 0 aliphatic rings. The zero-order chi connectivity index (χ0) is 26.3. The molecule has 0 radical (unpaired) electrons. The Morgan fingerprint density at radius 1 is 1.11 bits per heavy atom. The molecular weight excluding hydrogens is 512 g/mol. The molecular formula is C23H21ClN4O7S. The number of nitro groups is 1. The smallest absolute Gasteiger partial charge is 0.270 e. The Hall–Kier alpha value is -4.16. The minimum absolute atomic E-state index is 0.0393. The van der Waals surface area contributed by atoms with Gasteiger partial charge in [-0.1, -0.05) is 29.8 Å².